The van der Waals surface area contributed by atoms with Crippen molar-refractivity contribution in [1.29, 1.82) is 0 Å². The smallest absolute Gasteiger partial charge is 0.193 e. The van der Waals surface area contributed by atoms with Crippen molar-refractivity contribution in [3.8, 4) is 0 Å². The molecule has 4 rings (SSSR count). The summed E-state index contributed by atoms with van der Waals surface area (Å²) in [5.74, 6) is 0.0752. The van der Waals surface area contributed by atoms with Gasteiger partial charge in [0.25, 0.3) is 0 Å². The van der Waals surface area contributed by atoms with E-state index >= 15 is 0 Å². The van der Waals surface area contributed by atoms with Gasteiger partial charge < -0.3 is 9.97 Å². The van der Waals surface area contributed by atoms with Gasteiger partial charge in [0.05, 0.1) is 12.7 Å². The molecule has 0 spiro atoms. The summed E-state index contributed by atoms with van der Waals surface area (Å²) in [6, 6.07) is 18.6. The van der Waals surface area contributed by atoms with Crippen LogP contribution in [0.25, 0.3) is 0 Å². The maximum absolute atomic E-state index is 11.8. The number of aromatic nitrogens is 4. The average Bonchev–Trinajstić information content (AvgIpc) is 3.41. The van der Waals surface area contributed by atoms with Gasteiger partial charge in [-0.2, -0.15) is 0 Å². The molecule has 2 heterocycles. The number of ketones is 1. The van der Waals surface area contributed by atoms with E-state index < -0.39 is 0 Å². The lowest BCUT2D eigenvalue weighted by molar-refractivity contribution is 0.103. The number of benzene rings is 2. The van der Waals surface area contributed by atoms with Crippen LogP contribution < -0.4 is 0 Å². The van der Waals surface area contributed by atoms with Crippen molar-refractivity contribution >= 4 is 5.78 Å². The van der Waals surface area contributed by atoms with Crippen molar-refractivity contribution in [2.45, 2.75) is 0 Å². The Morgan fingerprint density at radius 2 is 1.08 bits per heavy atom. The Labute approximate surface area is 140 Å². The zero-order valence-electron chi connectivity index (χ0n) is 13.0. The average molecular weight is 318 g/mol. The SMILES string of the molecule is O=C(c1ccccc1)c1ccccc1.c1c[nH]cn1.c1c[nH]cn1. The van der Waals surface area contributed by atoms with Crippen molar-refractivity contribution < 1.29 is 4.79 Å². The minimum absolute atomic E-state index is 0.0752. The number of hydrogen-bond acceptors (Lipinski definition) is 3. The summed E-state index contributed by atoms with van der Waals surface area (Å²) >= 11 is 0. The Balaban J connectivity index is 0.000000169. The third-order valence-electron chi connectivity index (χ3n) is 2.88. The maximum atomic E-state index is 11.8. The summed E-state index contributed by atoms with van der Waals surface area (Å²) < 4.78 is 0. The molecule has 2 aromatic heterocycles. The van der Waals surface area contributed by atoms with E-state index in [2.05, 4.69) is 19.9 Å². The van der Waals surface area contributed by atoms with Crippen LogP contribution in [0.2, 0.25) is 0 Å². The Hall–Kier alpha value is -3.47. The van der Waals surface area contributed by atoms with Crippen LogP contribution in [0.3, 0.4) is 0 Å². The van der Waals surface area contributed by atoms with Gasteiger partial charge in [0.1, 0.15) is 0 Å². The number of carbonyl (C=O) groups excluding carboxylic acids is 1. The molecule has 5 nitrogen and oxygen atoms in total. The molecule has 0 amide bonds. The number of nitrogens with zero attached hydrogens (tertiary/aromatic N) is 2. The fourth-order valence-corrected chi connectivity index (χ4v) is 1.78. The Morgan fingerprint density at radius 1 is 0.667 bits per heavy atom. The Bertz CT molecular complexity index is 665. The van der Waals surface area contributed by atoms with Crippen LogP contribution in [-0.4, -0.2) is 25.7 Å². The summed E-state index contributed by atoms with van der Waals surface area (Å²) in [4.78, 5) is 24.7. The first-order valence-electron chi connectivity index (χ1n) is 7.38. The lowest BCUT2D eigenvalue weighted by Gasteiger charge is -1.99. The summed E-state index contributed by atoms with van der Waals surface area (Å²) in [7, 11) is 0. The van der Waals surface area contributed by atoms with Gasteiger partial charge in [-0.25, -0.2) is 9.97 Å². The van der Waals surface area contributed by atoms with E-state index in [1.807, 2.05) is 60.7 Å². The van der Waals surface area contributed by atoms with Gasteiger partial charge in [0.15, 0.2) is 5.78 Å². The molecule has 5 heteroatoms. The number of hydrogen-bond donors (Lipinski definition) is 2. The predicted octanol–water partition coefficient (Wildman–Crippen LogP) is 3.74. The molecule has 0 aliphatic rings. The van der Waals surface area contributed by atoms with Gasteiger partial charge in [-0.1, -0.05) is 60.7 Å². The van der Waals surface area contributed by atoms with E-state index in [4.69, 9.17) is 0 Å². The highest BCUT2D eigenvalue weighted by Crippen LogP contribution is 2.08. The monoisotopic (exact) mass is 318 g/mol. The molecule has 0 saturated carbocycles. The number of aromatic amines is 2. The molecule has 0 radical (unpaired) electrons. The molecule has 0 unspecified atom stereocenters. The van der Waals surface area contributed by atoms with Gasteiger partial charge in [-0.15, -0.1) is 0 Å². The summed E-state index contributed by atoms with van der Waals surface area (Å²) in [6.07, 6.45) is 10.2. The predicted molar refractivity (Wildman–Crippen MR) is 93.5 cm³/mol. The molecule has 120 valence electrons. The first-order valence-corrected chi connectivity index (χ1v) is 7.38. The van der Waals surface area contributed by atoms with Crippen molar-refractivity contribution in [3.63, 3.8) is 0 Å². The number of H-pyrrole nitrogens is 2. The van der Waals surface area contributed by atoms with Gasteiger partial charge in [-0.3, -0.25) is 4.79 Å². The first kappa shape index (κ1) is 16.9. The lowest BCUT2D eigenvalue weighted by Crippen LogP contribution is -1.99. The van der Waals surface area contributed by atoms with Gasteiger partial charge in [-0.05, 0) is 0 Å². The van der Waals surface area contributed by atoms with E-state index in [1.165, 1.54) is 0 Å². The van der Waals surface area contributed by atoms with Crippen molar-refractivity contribution in [2.24, 2.45) is 0 Å². The normalized spacial score (nSPS) is 9.00. The fourth-order valence-electron chi connectivity index (χ4n) is 1.78. The highest BCUT2D eigenvalue weighted by molar-refractivity contribution is 6.08. The number of rotatable bonds is 2. The van der Waals surface area contributed by atoms with E-state index in [1.54, 1.807) is 37.4 Å². The summed E-state index contributed by atoms with van der Waals surface area (Å²) in [5, 5.41) is 0. The lowest BCUT2D eigenvalue weighted by atomic mass is 10.0. The minimum atomic E-state index is 0.0752. The largest absolute Gasteiger partial charge is 0.351 e. The quantitative estimate of drug-likeness (QED) is 0.553. The molecule has 0 saturated heterocycles. The third kappa shape index (κ3) is 6.11. The van der Waals surface area contributed by atoms with E-state index in [0.717, 1.165) is 11.1 Å². The molecule has 2 aromatic carbocycles. The first-order chi connectivity index (χ1) is 11.9. The van der Waals surface area contributed by atoms with Gasteiger partial charge in [0.2, 0.25) is 0 Å². The van der Waals surface area contributed by atoms with Crippen LogP contribution >= 0.6 is 0 Å². The second-order valence-electron chi connectivity index (χ2n) is 4.58. The van der Waals surface area contributed by atoms with E-state index in [-0.39, 0.29) is 5.78 Å². The van der Waals surface area contributed by atoms with Crippen LogP contribution in [0.4, 0.5) is 0 Å². The fraction of sp³-hybridized carbons (Fsp3) is 0. The number of imidazole rings is 2. The maximum Gasteiger partial charge on any atom is 0.193 e. The zero-order valence-corrected chi connectivity index (χ0v) is 13.0. The Morgan fingerprint density at radius 3 is 1.33 bits per heavy atom. The molecular weight excluding hydrogens is 300 g/mol. The highest BCUT2D eigenvalue weighted by atomic mass is 16.1. The molecule has 4 aromatic rings. The van der Waals surface area contributed by atoms with Crippen LogP contribution in [0, 0.1) is 0 Å². The minimum Gasteiger partial charge on any atom is -0.351 e. The van der Waals surface area contributed by atoms with Crippen molar-refractivity contribution in [3.05, 3.63) is 109 Å². The summed E-state index contributed by atoms with van der Waals surface area (Å²) in [5.41, 5.74) is 1.47. The Kier molecular flexibility index (Phi) is 7.24. The van der Waals surface area contributed by atoms with Crippen LogP contribution in [0.5, 0.6) is 0 Å². The summed E-state index contributed by atoms with van der Waals surface area (Å²) in [6.45, 7) is 0. The molecule has 2 N–H and O–H groups in total. The molecule has 24 heavy (non-hydrogen) atoms. The number of nitrogens with one attached hydrogen (secondary N) is 2. The molecule has 0 fully saturated rings. The third-order valence-corrected chi connectivity index (χ3v) is 2.88. The van der Waals surface area contributed by atoms with Crippen LogP contribution in [0.15, 0.2) is 98.1 Å². The molecule has 0 aliphatic heterocycles. The molecule has 0 atom stereocenters. The topological polar surface area (TPSA) is 74.4 Å². The van der Waals surface area contributed by atoms with Crippen LogP contribution in [0.1, 0.15) is 15.9 Å². The zero-order chi connectivity index (χ0) is 16.9. The molecular formula is C19H18N4O. The number of carbonyl (C=O) groups is 1. The highest BCUT2D eigenvalue weighted by Gasteiger charge is 2.06. The van der Waals surface area contributed by atoms with Gasteiger partial charge >= 0.3 is 0 Å². The van der Waals surface area contributed by atoms with E-state index in [0.29, 0.717) is 0 Å². The van der Waals surface area contributed by atoms with Crippen LogP contribution in [-0.2, 0) is 0 Å². The second kappa shape index (κ2) is 10.3. The molecule has 0 bridgehead atoms. The van der Waals surface area contributed by atoms with Crippen molar-refractivity contribution in [2.75, 3.05) is 0 Å². The van der Waals surface area contributed by atoms with Crippen molar-refractivity contribution in [1.82, 2.24) is 19.9 Å². The second-order valence-corrected chi connectivity index (χ2v) is 4.58. The standard InChI is InChI=1S/C13H10O.2C3H4N2/c14-13(11-7-3-1-4-8-11)12-9-5-2-6-10-12;2*1-2-5-3-4-1/h1-10H;2*1-3H,(H,4,5). The van der Waals surface area contributed by atoms with Gasteiger partial charge in [0, 0.05) is 35.9 Å². The molecule has 0 aliphatic carbocycles. The van der Waals surface area contributed by atoms with E-state index in [9.17, 15) is 4.79 Å².